The highest BCUT2D eigenvalue weighted by Crippen LogP contribution is 2.44. The third kappa shape index (κ3) is 3.10. The van der Waals surface area contributed by atoms with E-state index in [0.29, 0.717) is 11.8 Å². The van der Waals surface area contributed by atoms with Crippen LogP contribution in [0.15, 0.2) is 0 Å². The molecule has 0 saturated heterocycles. The predicted molar refractivity (Wildman–Crippen MR) is 91.3 cm³/mol. The monoisotopic (exact) mass is 385 g/mol. The fourth-order valence-electron chi connectivity index (χ4n) is 3.09. The summed E-state index contributed by atoms with van der Waals surface area (Å²) in [7, 11) is 0. The average Bonchev–Trinajstić information content (AvgIpc) is 3.19. The molecule has 1 aromatic heterocycles. The van der Waals surface area contributed by atoms with Crippen molar-refractivity contribution in [1.82, 2.24) is 9.97 Å². The molecule has 1 N–H and O–H groups in total. The van der Waals surface area contributed by atoms with Crippen molar-refractivity contribution >= 4 is 28.4 Å². The molecule has 0 aliphatic heterocycles. The van der Waals surface area contributed by atoms with Crippen molar-refractivity contribution in [2.45, 2.75) is 64.2 Å². The Bertz CT molecular complexity index is 485. The molecule has 0 amide bonds. The summed E-state index contributed by atoms with van der Waals surface area (Å²) in [6.45, 7) is 5.55. The summed E-state index contributed by atoms with van der Waals surface area (Å²) in [5, 5.41) is 3.50. The highest BCUT2D eigenvalue weighted by molar-refractivity contribution is 14.1. The lowest BCUT2D eigenvalue weighted by Gasteiger charge is -2.15. The molecule has 4 heteroatoms. The Morgan fingerprint density at radius 1 is 1.15 bits per heavy atom. The van der Waals surface area contributed by atoms with Crippen LogP contribution >= 0.6 is 22.6 Å². The lowest BCUT2D eigenvalue weighted by molar-refractivity contribution is 0.583. The average molecular weight is 385 g/mol. The van der Waals surface area contributed by atoms with Gasteiger partial charge in [0.25, 0.3) is 0 Å². The minimum atomic E-state index is 0.585. The van der Waals surface area contributed by atoms with Crippen molar-refractivity contribution in [2.24, 2.45) is 5.92 Å². The lowest BCUT2D eigenvalue weighted by Crippen LogP contribution is -2.12. The minimum Gasteiger partial charge on any atom is -0.369 e. The summed E-state index contributed by atoms with van der Waals surface area (Å²) in [5.74, 6) is 4.31. The molecule has 0 spiro atoms. The topological polar surface area (TPSA) is 37.8 Å². The van der Waals surface area contributed by atoms with Crippen molar-refractivity contribution in [3.05, 3.63) is 15.1 Å². The number of hydrogen-bond acceptors (Lipinski definition) is 3. The van der Waals surface area contributed by atoms with Gasteiger partial charge in [0.05, 0.1) is 9.26 Å². The Kier molecular flexibility index (Phi) is 4.48. The van der Waals surface area contributed by atoms with Crippen molar-refractivity contribution < 1.29 is 0 Å². The number of nitrogens with one attached hydrogen (secondary N) is 1. The Hall–Kier alpha value is -0.390. The van der Waals surface area contributed by atoms with Crippen LogP contribution in [0.5, 0.6) is 0 Å². The second-order valence-corrected chi connectivity index (χ2v) is 7.52. The number of nitrogens with zero attached hydrogens (tertiary/aromatic N) is 2. The first-order chi connectivity index (χ1) is 9.69. The molecular weight excluding hydrogens is 361 g/mol. The van der Waals surface area contributed by atoms with Crippen LogP contribution in [0.3, 0.4) is 0 Å². The zero-order valence-corrected chi connectivity index (χ0v) is 14.6. The molecule has 110 valence electrons. The fraction of sp³-hybridized carbons (Fsp3) is 0.750. The number of hydrogen-bond donors (Lipinski definition) is 1. The van der Waals surface area contributed by atoms with Crippen molar-refractivity contribution in [3.8, 4) is 0 Å². The summed E-state index contributed by atoms with van der Waals surface area (Å²) in [6, 6.07) is 0. The summed E-state index contributed by atoms with van der Waals surface area (Å²) in [6.07, 6.45) is 7.60. The van der Waals surface area contributed by atoms with Crippen molar-refractivity contribution in [2.75, 3.05) is 11.9 Å². The van der Waals surface area contributed by atoms with E-state index in [9.17, 15) is 0 Å². The Morgan fingerprint density at radius 3 is 2.50 bits per heavy atom. The Labute approximate surface area is 135 Å². The van der Waals surface area contributed by atoms with Crippen LogP contribution in [0.4, 0.5) is 5.82 Å². The van der Waals surface area contributed by atoms with Gasteiger partial charge in [0.1, 0.15) is 11.6 Å². The van der Waals surface area contributed by atoms with Gasteiger partial charge in [0, 0.05) is 18.4 Å². The van der Waals surface area contributed by atoms with Gasteiger partial charge in [0.15, 0.2) is 0 Å². The van der Waals surface area contributed by atoms with Crippen LogP contribution in [-0.2, 0) is 0 Å². The minimum absolute atomic E-state index is 0.585. The summed E-state index contributed by atoms with van der Waals surface area (Å²) < 4.78 is 1.26. The van der Waals surface area contributed by atoms with E-state index in [-0.39, 0.29) is 0 Å². The molecule has 2 aliphatic rings. The fourth-order valence-corrected chi connectivity index (χ4v) is 3.97. The first kappa shape index (κ1) is 14.5. The maximum atomic E-state index is 4.96. The third-order valence-corrected chi connectivity index (χ3v) is 5.52. The zero-order chi connectivity index (χ0) is 14.1. The normalized spacial score (nSPS) is 25.9. The molecule has 3 nitrogen and oxygen atoms in total. The molecule has 1 aromatic rings. The van der Waals surface area contributed by atoms with Gasteiger partial charge in [-0.1, -0.05) is 13.8 Å². The number of halogens is 1. The van der Waals surface area contributed by atoms with E-state index in [2.05, 4.69) is 41.8 Å². The van der Waals surface area contributed by atoms with Gasteiger partial charge in [-0.25, -0.2) is 9.97 Å². The first-order valence-corrected chi connectivity index (χ1v) is 9.08. The molecule has 20 heavy (non-hydrogen) atoms. The predicted octanol–water partition coefficient (Wildman–Crippen LogP) is 4.68. The molecule has 2 saturated carbocycles. The van der Waals surface area contributed by atoms with Crippen LogP contribution in [0, 0.1) is 9.49 Å². The molecule has 2 fully saturated rings. The van der Waals surface area contributed by atoms with Gasteiger partial charge in [-0.15, -0.1) is 0 Å². The van der Waals surface area contributed by atoms with Gasteiger partial charge in [-0.2, -0.15) is 0 Å². The Balaban J connectivity index is 1.90. The zero-order valence-electron chi connectivity index (χ0n) is 12.5. The van der Waals surface area contributed by atoms with Crippen LogP contribution < -0.4 is 5.32 Å². The first-order valence-electron chi connectivity index (χ1n) is 8.00. The molecular formula is C16H24IN3. The van der Waals surface area contributed by atoms with Gasteiger partial charge < -0.3 is 5.32 Å². The quantitative estimate of drug-likeness (QED) is 0.748. The van der Waals surface area contributed by atoms with Gasteiger partial charge in [-0.05, 0) is 67.0 Å². The molecule has 2 unspecified atom stereocenters. The van der Waals surface area contributed by atoms with Crippen LogP contribution in [0.25, 0.3) is 0 Å². The smallest absolute Gasteiger partial charge is 0.143 e. The summed E-state index contributed by atoms with van der Waals surface area (Å²) in [4.78, 5) is 9.83. The van der Waals surface area contributed by atoms with E-state index in [0.717, 1.165) is 30.5 Å². The SMILES string of the molecule is CCCNc1nc(C2CCC(C)C2)nc(C2CC2)c1I. The molecule has 0 bridgehead atoms. The molecule has 0 aromatic carbocycles. The molecule has 0 radical (unpaired) electrons. The molecule has 3 rings (SSSR count). The van der Waals surface area contributed by atoms with E-state index in [1.54, 1.807) is 0 Å². The lowest BCUT2D eigenvalue weighted by atomic mass is 10.1. The van der Waals surface area contributed by atoms with Crippen LogP contribution in [0.1, 0.15) is 75.7 Å². The van der Waals surface area contributed by atoms with Crippen LogP contribution in [0.2, 0.25) is 0 Å². The molecule has 2 aliphatic carbocycles. The number of rotatable bonds is 5. The molecule has 1 heterocycles. The standard InChI is InChI=1S/C16H24IN3/c1-3-8-18-16-13(17)14(11-6-7-11)19-15(20-16)12-5-4-10(2)9-12/h10-12H,3-9H2,1-2H3,(H,18,19,20). The molecule has 2 atom stereocenters. The van der Waals surface area contributed by atoms with E-state index in [1.165, 1.54) is 41.4 Å². The van der Waals surface area contributed by atoms with Crippen molar-refractivity contribution in [3.63, 3.8) is 0 Å². The maximum Gasteiger partial charge on any atom is 0.143 e. The number of aromatic nitrogens is 2. The van der Waals surface area contributed by atoms with E-state index < -0.39 is 0 Å². The highest BCUT2D eigenvalue weighted by atomic mass is 127. The second kappa shape index (κ2) is 6.16. The second-order valence-electron chi connectivity index (χ2n) is 6.45. The maximum absolute atomic E-state index is 4.96. The van der Waals surface area contributed by atoms with E-state index in [4.69, 9.17) is 9.97 Å². The highest BCUT2D eigenvalue weighted by Gasteiger charge is 2.32. The van der Waals surface area contributed by atoms with E-state index >= 15 is 0 Å². The largest absolute Gasteiger partial charge is 0.369 e. The van der Waals surface area contributed by atoms with Gasteiger partial charge in [0.2, 0.25) is 0 Å². The number of anilines is 1. The van der Waals surface area contributed by atoms with Crippen molar-refractivity contribution in [1.29, 1.82) is 0 Å². The third-order valence-electron chi connectivity index (χ3n) is 4.46. The summed E-state index contributed by atoms with van der Waals surface area (Å²) in [5.41, 5.74) is 1.31. The van der Waals surface area contributed by atoms with E-state index in [1.807, 2.05) is 0 Å². The Morgan fingerprint density at radius 2 is 1.90 bits per heavy atom. The van der Waals surface area contributed by atoms with Gasteiger partial charge in [-0.3, -0.25) is 0 Å². The van der Waals surface area contributed by atoms with Crippen LogP contribution in [-0.4, -0.2) is 16.5 Å². The summed E-state index contributed by atoms with van der Waals surface area (Å²) >= 11 is 2.43. The van der Waals surface area contributed by atoms with Gasteiger partial charge >= 0.3 is 0 Å².